The monoisotopic (exact) mass is 506 g/mol. The van der Waals surface area contributed by atoms with Gasteiger partial charge >= 0.3 is 0 Å². The zero-order chi connectivity index (χ0) is 23.5. The van der Waals surface area contributed by atoms with Gasteiger partial charge in [0.2, 0.25) is 0 Å². The summed E-state index contributed by atoms with van der Waals surface area (Å²) < 4.78 is 27.3. The molecule has 1 aliphatic rings. The molecule has 0 fully saturated rings. The molecule has 34 heavy (non-hydrogen) atoms. The van der Waals surface area contributed by atoms with E-state index in [4.69, 9.17) is 0 Å². The van der Waals surface area contributed by atoms with Gasteiger partial charge in [-0.1, -0.05) is 23.9 Å². The van der Waals surface area contributed by atoms with E-state index in [1.807, 2.05) is 36.4 Å². The van der Waals surface area contributed by atoms with Gasteiger partial charge < -0.3 is 10.6 Å². The number of allylic oxidation sites excluding steroid dienone is 1. The summed E-state index contributed by atoms with van der Waals surface area (Å²) in [6.45, 7) is 0. The van der Waals surface area contributed by atoms with Crippen LogP contribution in [0.3, 0.4) is 0 Å². The predicted molar refractivity (Wildman–Crippen MR) is 137 cm³/mol. The fraction of sp³-hybridized carbons (Fsp3) is 0. The molecule has 3 aromatic carbocycles. The van der Waals surface area contributed by atoms with Crippen LogP contribution in [0, 0.1) is 0 Å². The van der Waals surface area contributed by atoms with Crippen LogP contribution in [-0.4, -0.2) is 19.2 Å². The van der Waals surface area contributed by atoms with E-state index >= 15 is 0 Å². The molecular weight excluding hydrogens is 488 g/mol. The van der Waals surface area contributed by atoms with Crippen LogP contribution in [0.15, 0.2) is 105 Å². The van der Waals surface area contributed by atoms with Crippen molar-refractivity contribution in [3.63, 3.8) is 0 Å². The van der Waals surface area contributed by atoms with Crippen LogP contribution in [0.5, 0.6) is 0 Å². The Hall–Kier alpha value is -3.60. The molecule has 2 heterocycles. The topological polar surface area (TPSA) is 100 Å². The van der Waals surface area contributed by atoms with Crippen molar-refractivity contribution in [3.8, 4) is 0 Å². The third-order valence-corrected chi connectivity index (χ3v) is 8.27. The van der Waals surface area contributed by atoms with Crippen molar-refractivity contribution in [2.24, 2.45) is 0 Å². The van der Waals surface area contributed by atoms with Crippen LogP contribution in [0.25, 0.3) is 0 Å². The highest BCUT2D eigenvalue weighted by Gasteiger charge is 2.17. The number of hydrogen-bond acceptors (Lipinski definition) is 8. The molecule has 4 aromatic rings. The van der Waals surface area contributed by atoms with Gasteiger partial charge in [-0.3, -0.25) is 9.52 Å². The molecule has 0 aliphatic carbocycles. The number of para-hydroxylation sites is 1. The summed E-state index contributed by atoms with van der Waals surface area (Å²) in [5.74, 6) is -0.146. The Morgan fingerprint density at radius 2 is 1.76 bits per heavy atom. The number of sulfonamides is 1. The zero-order valence-electron chi connectivity index (χ0n) is 17.6. The fourth-order valence-electron chi connectivity index (χ4n) is 3.28. The minimum absolute atomic E-state index is 0.120. The van der Waals surface area contributed by atoms with Crippen molar-refractivity contribution in [1.29, 1.82) is 0 Å². The summed E-state index contributed by atoms with van der Waals surface area (Å²) in [6.07, 6.45) is 4.51. The number of carbonyl (C=O) groups is 1. The number of thiazole rings is 1. The van der Waals surface area contributed by atoms with E-state index in [9.17, 15) is 13.2 Å². The lowest BCUT2D eigenvalue weighted by Crippen LogP contribution is -2.12. The van der Waals surface area contributed by atoms with Gasteiger partial charge in [0.15, 0.2) is 10.9 Å². The van der Waals surface area contributed by atoms with Gasteiger partial charge in [-0.25, -0.2) is 13.4 Å². The van der Waals surface area contributed by atoms with Gasteiger partial charge in [0.25, 0.3) is 10.0 Å². The molecule has 0 spiro atoms. The molecule has 0 saturated carbocycles. The molecule has 5 rings (SSSR count). The second kappa shape index (κ2) is 9.34. The molecule has 10 heteroatoms. The van der Waals surface area contributed by atoms with Crippen LogP contribution < -0.4 is 15.4 Å². The lowest BCUT2D eigenvalue weighted by Gasteiger charge is -2.20. The number of fused-ring (bicyclic) bond motifs is 2. The van der Waals surface area contributed by atoms with Gasteiger partial charge in [-0.15, -0.1) is 11.3 Å². The standard InChI is InChI=1S/C24H18N4O3S3/c29-21(16-5-10-23-20(15-16)27-19-3-1-2-4-22(19)33-23)11-12-25-17-6-8-18(9-7-17)34(30,31)28-24-26-13-14-32-24/h1-15,25,27H,(H,26,28)/b12-11-. The van der Waals surface area contributed by atoms with Gasteiger partial charge in [0.1, 0.15) is 0 Å². The normalized spacial score (nSPS) is 12.5. The lowest BCUT2D eigenvalue weighted by molar-refractivity contribution is 0.104. The van der Waals surface area contributed by atoms with Crippen molar-refractivity contribution in [3.05, 3.63) is 96.1 Å². The Balaban J connectivity index is 1.22. The number of nitrogens with zero attached hydrogens (tertiary/aromatic N) is 1. The van der Waals surface area contributed by atoms with E-state index in [0.717, 1.165) is 21.2 Å². The molecule has 3 N–H and O–H groups in total. The van der Waals surface area contributed by atoms with Crippen LogP contribution in [0.1, 0.15) is 10.4 Å². The van der Waals surface area contributed by atoms with E-state index in [1.165, 1.54) is 41.9 Å². The molecule has 170 valence electrons. The summed E-state index contributed by atoms with van der Waals surface area (Å²) in [7, 11) is -3.71. The van der Waals surface area contributed by atoms with Gasteiger partial charge in [-0.05, 0) is 54.6 Å². The maximum atomic E-state index is 12.6. The third-order valence-electron chi connectivity index (χ3n) is 4.94. The summed E-state index contributed by atoms with van der Waals surface area (Å²) >= 11 is 2.87. The van der Waals surface area contributed by atoms with E-state index < -0.39 is 10.0 Å². The second-order valence-electron chi connectivity index (χ2n) is 7.24. The number of ketones is 1. The van der Waals surface area contributed by atoms with Crippen molar-refractivity contribution in [2.75, 3.05) is 15.4 Å². The summed E-state index contributed by atoms with van der Waals surface area (Å²) in [5, 5.41) is 8.38. The maximum absolute atomic E-state index is 12.6. The number of benzene rings is 3. The quantitative estimate of drug-likeness (QED) is 0.185. The first kappa shape index (κ1) is 22.2. The first-order valence-corrected chi connectivity index (χ1v) is 13.3. The van der Waals surface area contributed by atoms with Crippen molar-refractivity contribution in [2.45, 2.75) is 14.7 Å². The van der Waals surface area contributed by atoms with E-state index in [-0.39, 0.29) is 10.7 Å². The third kappa shape index (κ3) is 4.84. The molecule has 7 nitrogen and oxygen atoms in total. The Kier molecular flexibility index (Phi) is 6.10. The van der Waals surface area contributed by atoms with E-state index in [1.54, 1.807) is 29.3 Å². The first-order valence-electron chi connectivity index (χ1n) is 10.2. The Morgan fingerprint density at radius 3 is 2.56 bits per heavy atom. The number of aromatic nitrogens is 1. The highest BCUT2D eigenvalue weighted by molar-refractivity contribution is 7.99. The Morgan fingerprint density at radius 1 is 0.971 bits per heavy atom. The molecule has 0 radical (unpaired) electrons. The highest BCUT2D eigenvalue weighted by Crippen LogP contribution is 2.44. The van der Waals surface area contributed by atoms with Crippen molar-refractivity contribution < 1.29 is 13.2 Å². The SMILES string of the molecule is O=C(/C=C\Nc1ccc(S(=O)(=O)Nc2nccs2)cc1)c1ccc2c(c1)Nc1ccccc1S2. The summed E-state index contributed by atoms with van der Waals surface area (Å²) in [5.41, 5.74) is 3.14. The maximum Gasteiger partial charge on any atom is 0.263 e. The molecule has 1 aliphatic heterocycles. The Bertz CT molecular complexity index is 1480. The van der Waals surface area contributed by atoms with Gasteiger partial charge in [-0.2, -0.15) is 0 Å². The molecule has 0 bridgehead atoms. The number of nitrogens with one attached hydrogen (secondary N) is 3. The second-order valence-corrected chi connectivity index (χ2v) is 10.9. The van der Waals surface area contributed by atoms with Crippen LogP contribution in [-0.2, 0) is 10.0 Å². The number of anilines is 4. The molecule has 0 atom stereocenters. The van der Waals surface area contributed by atoms with Crippen LogP contribution >= 0.6 is 23.1 Å². The highest BCUT2D eigenvalue weighted by atomic mass is 32.2. The van der Waals surface area contributed by atoms with Crippen molar-refractivity contribution >= 4 is 61.1 Å². The Labute approximate surface area is 205 Å². The largest absolute Gasteiger partial charge is 0.362 e. The van der Waals surface area contributed by atoms with E-state index in [2.05, 4.69) is 26.4 Å². The molecular formula is C24H18N4O3S3. The fourth-order valence-corrected chi connectivity index (χ4v) is 6.04. The molecule has 1 aromatic heterocycles. The molecule has 0 unspecified atom stereocenters. The zero-order valence-corrected chi connectivity index (χ0v) is 20.0. The first-order chi connectivity index (χ1) is 16.5. The smallest absolute Gasteiger partial charge is 0.263 e. The number of rotatable bonds is 7. The van der Waals surface area contributed by atoms with E-state index in [0.29, 0.717) is 16.4 Å². The van der Waals surface area contributed by atoms with Gasteiger partial charge in [0, 0.05) is 44.9 Å². The van der Waals surface area contributed by atoms with Gasteiger partial charge in [0.05, 0.1) is 16.3 Å². The predicted octanol–water partition coefficient (Wildman–Crippen LogP) is 5.96. The lowest BCUT2D eigenvalue weighted by atomic mass is 10.1. The number of hydrogen-bond donors (Lipinski definition) is 3. The molecule has 0 amide bonds. The van der Waals surface area contributed by atoms with Crippen molar-refractivity contribution in [1.82, 2.24) is 4.98 Å². The number of carbonyl (C=O) groups excluding carboxylic acids is 1. The minimum Gasteiger partial charge on any atom is -0.362 e. The molecule has 0 saturated heterocycles. The minimum atomic E-state index is -3.71. The summed E-state index contributed by atoms with van der Waals surface area (Å²) in [4.78, 5) is 18.9. The average Bonchev–Trinajstić information content (AvgIpc) is 3.35. The average molecular weight is 507 g/mol. The van der Waals surface area contributed by atoms with Crippen LogP contribution in [0.4, 0.5) is 22.2 Å². The van der Waals surface area contributed by atoms with Crippen LogP contribution in [0.2, 0.25) is 0 Å². The summed E-state index contributed by atoms with van der Waals surface area (Å²) in [6, 6.07) is 19.9.